The van der Waals surface area contributed by atoms with E-state index in [0.717, 1.165) is 9.13 Å². The Morgan fingerprint density at radius 3 is 2.65 bits per heavy atom. The molecule has 1 heterocycles. The number of rotatable bonds is 3. The monoisotopic (exact) mass is 342 g/mol. The summed E-state index contributed by atoms with van der Waals surface area (Å²) in [4.78, 5) is 14.9. The van der Waals surface area contributed by atoms with Gasteiger partial charge in [-0.2, -0.15) is 0 Å². The van der Waals surface area contributed by atoms with E-state index in [1.54, 1.807) is 10.9 Å². The van der Waals surface area contributed by atoms with Gasteiger partial charge in [0.05, 0.1) is 18.6 Å². The minimum absolute atomic E-state index is 0.0411. The average molecular weight is 342 g/mol. The molecule has 0 amide bonds. The molecule has 88 valence electrons. The highest BCUT2D eigenvalue weighted by atomic mass is 127. The molecule has 1 N–H and O–H groups in total. The number of imidazole rings is 1. The number of aromatic nitrogens is 2. The highest BCUT2D eigenvalue weighted by Crippen LogP contribution is 2.20. The lowest BCUT2D eigenvalue weighted by Gasteiger charge is -2.15. The van der Waals surface area contributed by atoms with Crippen molar-refractivity contribution in [2.24, 2.45) is 0 Å². The number of nitrogens with zero attached hydrogens (tertiary/aromatic N) is 2. The van der Waals surface area contributed by atoms with Gasteiger partial charge in [0.1, 0.15) is 5.69 Å². The molecule has 0 aliphatic carbocycles. The molecule has 1 aromatic carbocycles. The van der Waals surface area contributed by atoms with Gasteiger partial charge in [0.2, 0.25) is 0 Å². The first-order valence-corrected chi connectivity index (χ1v) is 6.18. The molecular formula is C12H11IN2O2. The Balaban J connectivity index is 2.36. The van der Waals surface area contributed by atoms with E-state index in [4.69, 9.17) is 5.11 Å². The van der Waals surface area contributed by atoms with Crippen molar-refractivity contribution in [2.45, 2.75) is 13.0 Å². The minimum atomic E-state index is -0.958. The van der Waals surface area contributed by atoms with Gasteiger partial charge in [-0.1, -0.05) is 12.1 Å². The second-order valence-corrected chi connectivity index (χ2v) is 4.96. The van der Waals surface area contributed by atoms with Crippen LogP contribution in [0.4, 0.5) is 0 Å². The number of carboxylic acid groups (broad SMARTS) is 1. The number of halogens is 1. The predicted molar refractivity (Wildman–Crippen MR) is 72.2 cm³/mol. The summed E-state index contributed by atoms with van der Waals surface area (Å²) in [5.74, 6) is -0.958. The molecule has 0 radical (unpaired) electrons. The summed E-state index contributed by atoms with van der Waals surface area (Å²) in [5.41, 5.74) is 1.27. The summed E-state index contributed by atoms with van der Waals surface area (Å²) in [6.45, 7) is 1.95. The number of aromatic carboxylic acids is 1. The minimum Gasteiger partial charge on any atom is -0.477 e. The molecule has 0 bridgehead atoms. The Morgan fingerprint density at radius 1 is 1.41 bits per heavy atom. The molecule has 1 atom stereocenters. The molecule has 0 spiro atoms. The van der Waals surface area contributed by atoms with Crippen LogP contribution in [0.5, 0.6) is 0 Å². The van der Waals surface area contributed by atoms with Crippen LogP contribution < -0.4 is 0 Å². The van der Waals surface area contributed by atoms with Crippen LogP contribution in [0, 0.1) is 3.57 Å². The SMILES string of the molecule is CC(c1ccc(I)cc1)n1cncc1C(=O)O. The highest BCUT2D eigenvalue weighted by Gasteiger charge is 2.15. The van der Waals surface area contributed by atoms with E-state index in [1.807, 2.05) is 31.2 Å². The molecule has 5 heteroatoms. The van der Waals surface area contributed by atoms with Crippen molar-refractivity contribution in [1.29, 1.82) is 0 Å². The van der Waals surface area contributed by atoms with Crippen molar-refractivity contribution in [3.05, 3.63) is 51.6 Å². The summed E-state index contributed by atoms with van der Waals surface area (Å²) in [5, 5.41) is 9.03. The van der Waals surface area contributed by atoms with Crippen molar-refractivity contribution in [1.82, 2.24) is 9.55 Å². The van der Waals surface area contributed by atoms with E-state index in [0.29, 0.717) is 0 Å². The van der Waals surface area contributed by atoms with Gasteiger partial charge in [-0.3, -0.25) is 0 Å². The molecule has 1 aromatic heterocycles. The Morgan fingerprint density at radius 2 is 2.06 bits per heavy atom. The van der Waals surface area contributed by atoms with Gasteiger partial charge in [-0.15, -0.1) is 0 Å². The summed E-state index contributed by atoms with van der Waals surface area (Å²) >= 11 is 2.24. The second kappa shape index (κ2) is 4.87. The largest absolute Gasteiger partial charge is 0.477 e. The molecule has 0 aliphatic heterocycles. The summed E-state index contributed by atoms with van der Waals surface area (Å²) in [6, 6.07) is 7.96. The number of carboxylic acids is 1. The third kappa shape index (κ3) is 2.49. The molecule has 17 heavy (non-hydrogen) atoms. The normalized spacial score (nSPS) is 12.4. The van der Waals surface area contributed by atoms with Crippen LogP contribution in [0.15, 0.2) is 36.8 Å². The van der Waals surface area contributed by atoms with Gasteiger partial charge in [-0.25, -0.2) is 9.78 Å². The zero-order valence-corrected chi connectivity index (χ0v) is 11.3. The molecule has 0 saturated carbocycles. The summed E-state index contributed by atoms with van der Waals surface area (Å²) in [6.07, 6.45) is 2.91. The zero-order chi connectivity index (χ0) is 12.4. The van der Waals surface area contributed by atoms with Gasteiger partial charge in [0.15, 0.2) is 0 Å². The number of benzene rings is 1. The maximum absolute atomic E-state index is 11.0. The van der Waals surface area contributed by atoms with Crippen LogP contribution in [0.1, 0.15) is 29.0 Å². The van der Waals surface area contributed by atoms with Crippen molar-refractivity contribution in [2.75, 3.05) is 0 Å². The average Bonchev–Trinajstić information content (AvgIpc) is 2.78. The summed E-state index contributed by atoms with van der Waals surface area (Å²) < 4.78 is 2.81. The smallest absolute Gasteiger partial charge is 0.354 e. The fourth-order valence-electron chi connectivity index (χ4n) is 1.68. The molecule has 0 fully saturated rings. The van der Waals surface area contributed by atoms with Crippen LogP contribution in [-0.4, -0.2) is 20.6 Å². The molecule has 0 aliphatic rings. The fraction of sp³-hybridized carbons (Fsp3) is 0.167. The van der Waals surface area contributed by atoms with Crippen LogP contribution in [0.25, 0.3) is 0 Å². The van der Waals surface area contributed by atoms with E-state index >= 15 is 0 Å². The van der Waals surface area contributed by atoms with Crippen LogP contribution in [0.2, 0.25) is 0 Å². The number of hydrogen-bond acceptors (Lipinski definition) is 2. The quantitative estimate of drug-likeness (QED) is 0.873. The lowest BCUT2D eigenvalue weighted by molar-refractivity contribution is 0.0684. The lowest BCUT2D eigenvalue weighted by atomic mass is 10.1. The van der Waals surface area contributed by atoms with E-state index in [1.165, 1.54) is 6.20 Å². The molecular weight excluding hydrogens is 331 g/mol. The first-order chi connectivity index (χ1) is 8.09. The van der Waals surface area contributed by atoms with Gasteiger partial charge in [0, 0.05) is 3.57 Å². The van der Waals surface area contributed by atoms with Gasteiger partial charge >= 0.3 is 5.97 Å². The topological polar surface area (TPSA) is 55.1 Å². The third-order valence-corrected chi connectivity index (χ3v) is 3.37. The van der Waals surface area contributed by atoms with Gasteiger partial charge in [0.25, 0.3) is 0 Å². The molecule has 0 saturated heterocycles. The highest BCUT2D eigenvalue weighted by molar-refractivity contribution is 14.1. The fourth-order valence-corrected chi connectivity index (χ4v) is 2.04. The molecule has 4 nitrogen and oxygen atoms in total. The standard InChI is InChI=1S/C12H11IN2O2/c1-8(9-2-4-10(13)5-3-9)15-7-14-6-11(15)12(16)17/h2-8H,1H3,(H,16,17). The molecule has 1 unspecified atom stereocenters. The number of carbonyl (C=O) groups is 1. The molecule has 2 aromatic rings. The number of hydrogen-bond donors (Lipinski definition) is 1. The Kier molecular flexibility index (Phi) is 3.46. The maximum Gasteiger partial charge on any atom is 0.354 e. The van der Waals surface area contributed by atoms with Crippen LogP contribution >= 0.6 is 22.6 Å². The van der Waals surface area contributed by atoms with Gasteiger partial charge < -0.3 is 9.67 Å². The second-order valence-electron chi connectivity index (χ2n) is 3.72. The molecule has 2 rings (SSSR count). The Labute approximate surface area is 112 Å². The first kappa shape index (κ1) is 12.1. The Hall–Kier alpha value is -1.37. The lowest BCUT2D eigenvalue weighted by Crippen LogP contribution is -2.12. The third-order valence-electron chi connectivity index (χ3n) is 2.65. The zero-order valence-electron chi connectivity index (χ0n) is 9.17. The Bertz CT molecular complexity index is 534. The first-order valence-electron chi connectivity index (χ1n) is 5.10. The van der Waals surface area contributed by atoms with Crippen molar-refractivity contribution >= 4 is 28.6 Å². The van der Waals surface area contributed by atoms with E-state index in [-0.39, 0.29) is 11.7 Å². The van der Waals surface area contributed by atoms with E-state index in [9.17, 15) is 4.79 Å². The van der Waals surface area contributed by atoms with E-state index in [2.05, 4.69) is 27.6 Å². The van der Waals surface area contributed by atoms with E-state index < -0.39 is 5.97 Å². The summed E-state index contributed by atoms with van der Waals surface area (Å²) in [7, 11) is 0. The van der Waals surface area contributed by atoms with Crippen LogP contribution in [-0.2, 0) is 0 Å². The van der Waals surface area contributed by atoms with Crippen molar-refractivity contribution < 1.29 is 9.90 Å². The van der Waals surface area contributed by atoms with Crippen molar-refractivity contribution in [3.63, 3.8) is 0 Å². The predicted octanol–water partition coefficient (Wildman–Crippen LogP) is 2.80. The maximum atomic E-state index is 11.0. The van der Waals surface area contributed by atoms with Crippen molar-refractivity contribution in [3.8, 4) is 0 Å². The van der Waals surface area contributed by atoms with Crippen LogP contribution in [0.3, 0.4) is 0 Å². The van der Waals surface area contributed by atoms with Gasteiger partial charge in [-0.05, 0) is 47.2 Å².